The maximum absolute atomic E-state index is 6.09. The van der Waals surface area contributed by atoms with Crippen molar-refractivity contribution in [2.24, 2.45) is 11.7 Å². The van der Waals surface area contributed by atoms with Crippen LogP contribution in [0.1, 0.15) is 18.3 Å². The maximum Gasteiger partial charge on any atom is 0.123 e. The van der Waals surface area contributed by atoms with E-state index in [1.165, 1.54) is 6.42 Å². The fourth-order valence-electron chi connectivity index (χ4n) is 1.95. The van der Waals surface area contributed by atoms with E-state index < -0.39 is 0 Å². The Labute approximate surface area is 78.1 Å². The lowest BCUT2D eigenvalue weighted by molar-refractivity contribution is 0.368. The molecule has 2 heterocycles. The number of aromatic amines is 1. The first-order chi connectivity index (χ1) is 6.27. The van der Waals surface area contributed by atoms with Gasteiger partial charge >= 0.3 is 0 Å². The van der Waals surface area contributed by atoms with E-state index in [0.29, 0.717) is 5.92 Å². The van der Waals surface area contributed by atoms with Gasteiger partial charge in [-0.05, 0) is 25.9 Å². The summed E-state index contributed by atoms with van der Waals surface area (Å²) in [6, 6.07) is 0.0694. The lowest BCUT2D eigenvalue weighted by atomic mass is 9.99. The maximum atomic E-state index is 6.09. The van der Waals surface area contributed by atoms with Crippen LogP contribution in [0.3, 0.4) is 0 Å². The molecule has 0 radical (unpaired) electrons. The molecule has 4 nitrogen and oxygen atoms in total. The van der Waals surface area contributed by atoms with Crippen LogP contribution in [0.2, 0.25) is 0 Å². The topological polar surface area (TPSA) is 57.9 Å². The Morgan fingerprint density at radius 1 is 1.77 bits per heavy atom. The third-order valence-electron chi connectivity index (χ3n) is 2.77. The van der Waals surface area contributed by atoms with Crippen LogP contribution >= 0.6 is 0 Å². The van der Waals surface area contributed by atoms with Gasteiger partial charge in [-0.1, -0.05) is 0 Å². The molecule has 0 saturated carbocycles. The third-order valence-corrected chi connectivity index (χ3v) is 2.77. The quantitative estimate of drug-likeness (QED) is 0.691. The van der Waals surface area contributed by atoms with Crippen LogP contribution in [0.25, 0.3) is 0 Å². The predicted octanol–water partition coefficient (Wildman–Crippen LogP) is 0.361. The van der Waals surface area contributed by atoms with Crippen LogP contribution < -0.4 is 5.73 Å². The number of nitrogens with one attached hydrogen (secondary N) is 1. The Morgan fingerprint density at radius 2 is 2.62 bits per heavy atom. The second-order valence-electron chi connectivity index (χ2n) is 3.81. The zero-order chi connectivity index (χ0) is 9.26. The molecule has 1 aliphatic rings. The molecular weight excluding hydrogens is 164 g/mol. The van der Waals surface area contributed by atoms with Crippen molar-refractivity contribution >= 4 is 0 Å². The van der Waals surface area contributed by atoms with Gasteiger partial charge in [0, 0.05) is 18.9 Å². The number of hydrogen-bond acceptors (Lipinski definition) is 3. The van der Waals surface area contributed by atoms with Crippen molar-refractivity contribution in [2.45, 2.75) is 12.5 Å². The minimum absolute atomic E-state index is 0.0694. The molecule has 2 atom stereocenters. The molecular formula is C9H16N4. The van der Waals surface area contributed by atoms with Crippen molar-refractivity contribution < 1.29 is 0 Å². The van der Waals surface area contributed by atoms with Gasteiger partial charge in [0.15, 0.2) is 0 Å². The highest BCUT2D eigenvalue weighted by atomic mass is 15.1. The van der Waals surface area contributed by atoms with Crippen LogP contribution in [0, 0.1) is 5.92 Å². The second kappa shape index (κ2) is 3.47. The van der Waals surface area contributed by atoms with Gasteiger partial charge in [-0.3, -0.25) is 0 Å². The minimum atomic E-state index is 0.0694. The predicted molar refractivity (Wildman–Crippen MR) is 51.1 cm³/mol. The average Bonchev–Trinajstić information content (AvgIpc) is 2.72. The van der Waals surface area contributed by atoms with Crippen molar-refractivity contribution in [3.05, 3.63) is 18.2 Å². The van der Waals surface area contributed by atoms with Crippen LogP contribution in [-0.2, 0) is 0 Å². The van der Waals surface area contributed by atoms with E-state index in [9.17, 15) is 0 Å². The number of hydrogen-bond donors (Lipinski definition) is 2. The van der Waals surface area contributed by atoms with Gasteiger partial charge in [-0.25, -0.2) is 4.98 Å². The fourth-order valence-corrected chi connectivity index (χ4v) is 1.95. The summed E-state index contributed by atoms with van der Waals surface area (Å²) in [5.41, 5.74) is 6.09. The molecule has 1 fully saturated rings. The van der Waals surface area contributed by atoms with Gasteiger partial charge in [0.05, 0.1) is 6.04 Å². The van der Waals surface area contributed by atoms with Gasteiger partial charge < -0.3 is 15.6 Å². The van der Waals surface area contributed by atoms with Gasteiger partial charge in [0.1, 0.15) is 5.82 Å². The highest BCUT2D eigenvalue weighted by Crippen LogP contribution is 2.25. The summed E-state index contributed by atoms with van der Waals surface area (Å²) in [5.74, 6) is 1.47. The van der Waals surface area contributed by atoms with Gasteiger partial charge in [0.25, 0.3) is 0 Å². The molecule has 3 N–H and O–H groups in total. The highest BCUT2D eigenvalue weighted by molar-refractivity contribution is 4.98. The van der Waals surface area contributed by atoms with E-state index in [0.717, 1.165) is 18.9 Å². The molecule has 0 aliphatic carbocycles. The molecule has 0 aromatic carbocycles. The lowest BCUT2D eigenvalue weighted by Crippen LogP contribution is -2.25. The second-order valence-corrected chi connectivity index (χ2v) is 3.81. The zero-order valence-corrected chi connectivity index (χ0v) is 7.90. The first-order valence-corrected chi connectivity index (χ1v) is 4.71. The summed E-state index contributed by atoms with van der Waals surface area (Å²) >= 11 is 0. The van der Waals surface area contributed by atoms with E-state index in [2.05, 4.69) is 21.9 Å². The van der Waals surface area contributed by atoms with Crippen LogP contribution in [0.15, 0.2) is 12.4 Å². The Hall–Kier alpha value is -0.870. The van der Waals surface area contributed by atoms with E-state index in [-0.39, 0.29) is 6.04 Å². The van der Waals surface area contributed by atoms with Gasteiger partial charge in [0.2, 0.25) is 0 Å². The van der Waals surface area contributed by atoms with Crippen molar-refractivity contribution in [2.75, 3.05) is 20.1 Å². The monoisotopic (exact) mass is 180 g/mol. The Balaban J connectivity index is 2.02. The fraction of sp³-hybridized carbons (Fsp3) is 0.667. The summed E-state index contributed by atoms with van der Waals surface area (Å²) < 4.78 is 0. The highest BCUT2D eigenvalue weighted by Gasteiger charge is 2.27. The number of H-pyrrole nitrogens is 1. The molecule has 1 aromatic heterocycles. The Bertz CT molecular complexity index is 257. The smallest absolute Gasteiger partial charge is 0.123 e. The van der Waals surface area contributed by atoms with E-state index >= 15 is 0 Å². The number of likely N-dealkylation sites (tertiary alicyclic amines) is 1. The van der Waals surface area contributed by atoms with Crippen LogP contribution in [0.4, 0.5) is 0 Å². The summed E-state index contributed by atoms with van der Waals surface area (Å²) in [7, 11) is 2.13. The van der Waals surface area contributed by atoms with Gasteiger partial charge in [-0.15, -0.1) is 0 Å². The van der Waals surface area contributed by atoms with Crippen molar-refractivity contribution in [1.29, 1.82) is 0 Å². The summed E-state index contributed by atoms with van der Waals surface area (Å²) in [6.07, 6.45) is 4.76. The summed E-state index contributed by atoms with van der Waals surface area (Å²) in [4.78, 5) is 9.57. The largest absolute Gasteiger partial charge is 0.347 e. The summed E-state index contributed by atoms with van der Waals surface area (Å²) in [6.45, 7) is 2.24. The zero-order valence-electron chi connectivity index (χ0n) is 7.90. The summed E-state index contributed by atoms with van der Waals surface area (Å²) in [5, 5.41) is 0. The molecule has 1 aromatic rings. The van der Waals surface area contributed by atoms with E-state index in [4.69, 9.17) is 5.73 Å². The molecule has 1 unspecified atom stereocenters. The Kier molecular flexibility index (Phi) is 2.33. The lowest BCUT2D eigenvalue weighted by Gasteiger charge is -2.16. The third kappa shape index (κ3) is 1.73. The molecule has 0 spiro atoms. The van der Waals surface area contributed by atoms with Crippen molar-refractivity contribution in [3.8, 4) is 0 Å². The molecule has 13 heavy (non-hydrogen) atoms. The van der Waals surface area contributed by atoms with Crippen molar-refractivity contribution in [1.82, 2.24) is 14.9 Å². The first-order valence-electron chi connectivity index (χ1n) is 4.71. The molecule has 1 aliphatic heterocycles. The molecule has 1 saturated heterocycles. The molecule has 72 valence electrons. The molecule has 2 rings (SSSR count). The number of nitrogens with two attached hydrogens (primary N) is 1. The van der Waals surface area contributed by atoms with Crippen LogP contribution in [0.5, 0.6) is 0 Å². The van der Waals surface area contributed by atoms with Gasteiger partial charge in [-0.2, -0.15) is 0 Å². The van der Waals surface area contributed by atoms with E-state index in [1.54, 1.807) is 6.20 Å². The average molecular weight is 180 g/mol. The molecule has 4 heteroatoms. The molecule has 0 bridgehead atoms. The normalized spacial score (nSPS) is 26.5. The standard InChI is InChI=1S/C9H16N4/c1-13-5-2-7(6-13)8(10)9-11-3-4-12-9/h3-4,7-8H,2,5-6,10H2,1H3,(H,11,12)/t7-,8?/m1/s1. The molecule has 0 amide bonds. The first kappa shape index (κ1) is 8.72. The Morgan fingerprint density at radius 3 is 3.15 bits per heavy atom. The van der Waals surface area contributed by atoms with E-state index in [1.807, 2.05) is 6.20 Å². The number of imidazole rings is 1. The number of aromatic nitrogens is 2. The SMILES string of the molecule is CN1CC[C@@H](C(N)c2ncc[nH]2)C1. The van der Waals surface area contributed by atoms with Crippen molar-refractivity contribution in [3.63, 3.8) is 0 Å². The number of rotatable bonds is 2. The minimum Gasteiger partial charge on any atom is -0.347 e. The number of nitrogens with zero attached hydrogens (tertiary/aromatic N) is 2. The van der Waals surface area contributed by atoms with Crippen LogP contribution in [-0.4, -0.2) is 35.0 Å².